The maximum atomic E-state index is 13.6. The number of nitrogens with zero attached hydrogens (tertiary/aromatic N) is 3. The lowest BCUT2D eigenvalue weighted by atomic mass is 9.94. The molecule has 4 rings (SSSR count). The van der Waals surface area contributed by atoms with Crippen LogP contribution < -0.4 is 10.1 Å². The van der Waals surface area contributed by atoms with Gasteiger partial charge >= 0.3 is 0 Å². The normalized spacial score (nSPS) is 16.4. The second-order valence-electron chi connectivity index (χ2n) is 8.42. The Kier molecular flexibility index (Phi) is 6.74. The summed E-state index contributed by atoms with van der Waals surface area (Å²) in [6.45, 7) is 7.14. The van der Waals surface area contributed by atoms with Gasteiger partial charge in [0.15, 0.2) is 5.11 Å². The average Bonchev–Trinajstić information content (AvgIpc) is 3.28. The van der Waals surface area contributed by atoms with Gasteiger partial charge in [-0.15, -0.1) is 0 Å². The van der Waals surface area contributed by atoms with Crippen molar-refractivity contribution in [3.8, 4) is 17.1 Å². The van der Waals surface area contributed by atoms with Crippen molar-refractivity contribution in [2.24, 2.45) is 5.92 Å². The van der Waals surface area contributed by atoms with E-state index in [0.717, 1.165) is 35.4 Å². The van der Waals surface area contributed by atoms with Gasteiger partial charge in [0.2, 0.25) is 5.82 Å². The summed E-state index contributed by atoms with van der Waals surface area (Å²) in [5.74, 6) is 1.80. The maximum absolute atomic E-state index is 13.6. The molecule has 8 heteroatoms. The molecule has 1 aliphatic rings. The van der Waals surface area contributed by atoms with E-state index in [1.165, 1.54) is 12.1 Å². The summed E-state index contributed by atoms with van der Waals surface area (Å²) in [6, 6.07) is 13.5. The monoisotopic (exact) mass is 466 g/mol. The number of thiocarbonyl (C=S) groups is 1. The highest BCUT2D eigenvalue weighted by Gasteiger charge is 2.34. The zero-order valence-electron chi connectivity index (χ0n) is 19.1. The summed E-state index contributed by atoms with van der Waals surface area (Å²) >= 11 is 5.70. The summed E-state index contributed by atoms with van der Waals surface area (Å²) in [6.07, 6.45) is 0.979. The van der Waals surface area contributed by atoms with E-state index in [9.17, 15) is 4.39 Å². The van der Waals surface area contributed by atoms with Gasteiger partial charge < -0.3 is 19.5 Å². The smallest absolute Gasteiger partial charge is 0.258 e. The molecule has 0 saturated heterocycles. The fourth-order valence-corrected chi connectivity index (χ4v) is 4.18. The number of methoxy groups -OCH3 is 1. The lowest BCUT2D eigenvalue weighted by molar-refractivity contribution is 0.390. The highest BCUT2D eigenvalue weighted by atomic mass is 32.1. The minimum absolute atomic E-state index is 0.295. The van der Waals surface area contributed by atoms with E-state index in [0.29, 0.717) is 28.5 Å². The molecule has 6 nitrogen and oxygen atoms in total. The van der Waals surface area contributed by atoms with Crippen LogP contribution in [-0.2, 0) is 0 Å². The number of hydrogen-bond donors (Lipinski definition) is 1. The Morgan fingerprint density at radius 2 is 1.97 bits per heavy atom. The molecular weight excluding hydrogens is 439 g/mol. The largest absolute Gasteiger partial charge is 0.497 e. The second-order valence-corrected chi connectivity index (χ2v) is 8.81. The van der Waals surface area contributed by atoms with E-state index in [4.69, 9.17) is 26.5 Å². The van der Waals surface area contributed by atoms with Crippen LogP contribution in [0.5, 0.6) is 5.75 Å². The predicted molar refractivity (Wildman–Crippen MR) is 130 cm³/mol. The molecule has 172 valence electrons. The Morgan fingerprint density at radius 1 is 1.21 bits per heavy atom. The van der Waals surface area contributed by atoms with E-state index in [-0.39, 0.29) is 11.9 Å². The molecule has 1 aliphatic heterocycles. The van der Waals surface area contributed by atoms with Crippen LogP contribution in [-0.4, -0.2) is 33.8 Å². The summed E-state index contributed by atoms with van der Waals surface area (Å²) in [5, 5.41) is 8.24. The van der Waals surface area contributed by atoms with Gasteiger partial charge in [-0.25, -0.2) is 4.39 Å². The third-order valence-electron chi connectivity index (χ3n) is 5.71. The molecule has 0 bridgehead atoms. The molecule has 0 saturated carbocycles. The van der Waals surface area contributed by atoms with Crippen molar-refractivity contribution in [2.75, 3.05) is 13.7 Å². The first-order valence-electron chi connectivity index (χ1n) is 10.9. The molecule has 33 heavy (non-hydrogen) atoms. The van der Waals surface area contributed by atoms with Crippen molar-refractivity contribution in [1.82, 2.24) is 20.4 Å². The Bertz CT molecular complexity index is 1170. The molecule has 2 aromatic carbocycles. The number of halogens is 1. The molecule has 0 fully saturated rings. The van der Waals surface area contributed by atoms with E-state index in [2.05, 4.69) is 29.2 Å². The zero-order valence-corrected chi connectivity index (χ0v) is 19.9. The Balaban J connectivity index is 1.78. The molecule has 1 atom stereocenters. The highest BCUT2D eigenvalue weighted by Crippen LogP contribution is 2.37. The lowest BCUT2D eigenvalue weighted by Crippen LogP contribution is -2.46. The molecule has 1 N–H and O–H groups in total. The van der Waals surface area contributed by atoms with Crippen LogP contribution in [0.15, 0.2) is 58.8 Å². The van der Waals surface area contributed by atoms with Crippen LogP contribution in [0.1, 0.15) is 44.7 Å². The molecule has 3 aromatic rings. The number of rotatable bonds is 7. The van der Waals surface area contributed by atoms with Crippen molar-refractivity contribution in [2.45, 2.75) is 33.2 Å². The van der Waals surface area contributed by atoms with Gasteiger partial charge in [-0.05, 0) is 61.3 Å². The fraction of sp³-hybridized carbons (Fsp3) is 0.320. The quantitative estimate of drug-likeness (QED) is 0.455. The first-order chi connectivity index (χ1) is 15.9. The van der Waals surface area contributed by atoms with Crippen LogP contribution in [0, 0.1) is 11.7 Å². The van der Waals surface area contributed by atoms with Gasteiger partial charge in [0.1, 0.15) is 11.6 Å². The van der Waals surface area contributed by atoms with E-state index >= 15 is 0 Å². The zero-order chi connectivity index (χ0) is 23.5. The van der Waals surface area contributed by atoms with Crippen molar-refractivity contribution in [3.05, 3.63) is 71.5 Å². The van der Waals surface area contributed by atoms with Crippen molar-refractivity contribution in [1.29, 1.82) is 0 Å². The number of allylic oxidation sites excluding steroid dienone is 1. The molecule has 1 aromatic heterocycles. The average molecular weight is 467 g/mol. The number of benzene rings is 2. The third-order valence-corrected chi connectivity index (χ3v) is 6.05. The summed E-state index contributed by atoms with van der Waals surface area (Å²) < 4.78 is 24.7. The fourth-order valence-electron chi connectivity index (χ4n) is 3.83. The summed E-state index contributed by atoms with van der Waals surface area (Å²) in [7, 11) is 1.62. The SMILES string of the molecule is COc1cccc(-c2noc(C3=C(C)N(CCC(C)C)C(=S)NC3c3ccc(F)cc3)n2)c1. The molecule has 0 amide bonds. The molecule has 2 heterocycles. The Morgan fingerprint density at radius 3 is 2.67 bits per heavy atom. The second kappa shape index (κ2) is 9.70. The number of aromatic nitrogens is 2. The van der Waals surface area contributed by atoms with Gasteiger partial charge in [-0.3, -0.25) is 0 Å². The minimum atomic E-state index is -0.341. The minimum Gasteiger partial charge on any atom is -0.497 e. The van der Waals surface area contributed by atoms with Crippen molar-refractivity contribution < 1.29 is 13.7 Å². The molecule has 0 radical (unpaired) electrons. The van der Waals surface area contributed by atoms with Crippen LogP contribution in [0.3, 0.4) is 0 Å². The van der Waals surface area contributed by atoms with E-state index in [1.807, 2.05) is 31.2 Å². The van der Waals surface area contributed by atoms with Crippen molar-refractivity contribution in [3.63, 3.8) is 0 Å². The summed E-state index contributed by atoms with van der Waals surface area (Å²) in [4.78, 5) is 6.77. The molecule has 0 spiro atoms. The van der Waals surface area contributed by atoms with Gasteiger partial charge in [-0.1, -0.05) is 43.3 Å². The third kappa shape index (κ3) is 4.90. The van der Waals surface area contributed by atoms with Gasteiger partial charge in [0.25, 0.3) is 5.89 Å². The first kappa shape index (κ1) is 22.9. The van der Waals surface area contributed by atoms with Crippen LogP contribution in [0.4, 0.5) is 4.39 Å². The maximum Gasteiger partial charge on any atom is 0.258 e. The number of nitrogens with one attached hydrogen (secondary N) is 1. The standard InChI is InChI=1S/C25H27FN4O2S/c1-15(2)12-13-30-16(3)21(22(27-25(30)33)17-8-10-19(26)11-9-17)24-28-23(29-32-24)18-6-5-7-20(14-18)31-4/h5-11,14-15,22H,12-13H2,1-4H3,(H,27,33). The van der Waals surface area contributed by atoms with Crippen LogP contribution in [0.25, 0.3) is 17.0 Å². The number of hydrogen-bond acceptors (Lipinski definition) is 5. The predicted octanol–water partition coefficient (Wildman–Crippen LogP) is 5.59. The highest BCUT2D eigenvalue weighted by molar-refractivity contribution is 7.80. The van der Waals surface area contributed by atoms with Crippen molar-refractivity contribution >= 4 is 22.9 Å². The van der Waals surface area contributed by atoms with Crippen LogP contribution >= 0.6 is 12.2 Å². The summed E-state index contributed by atoms with van der Waals surface area (Å²) in [5.41, 5.74) is 3.41. The van der Waals surface area contributed by atoms with Gasteiger partial charge in [0, 0.05) is 17.8 Å². The number of ether oxygens (including phenoxy) is 1. The molecular formula is C25H27FN4O2S. The van der Waals surface area contributed by atoms with Gasteiger partial charge in [0.05, 0.1) is 18.7 Å². The van der Waals surface area contributed by atoms with Crippen LogP contribution in [0.2, 0.25) is 0 Å². The Hall–Kier alpha value is -3.26. The topological polar surface area (TPSA) is 63.4 Å². The van der Waals surface area contributed by atoms with E-state index in [1.54, 1.807) is 19.2 Å². The van der Waals surface area contributed by atoms with E-state index < -0.39 is 0 Å². The molecule has 0 aliphatic carbocycles. The first-order valence-corrected chi connectivity index (χ1v) is 11.3. The lowest BCUT2D eigenvalue weighted by Gasteiger charge is -2.37. The molecule has 1 unspecified atom stereocenters. The Labute approximate surface area is 198 Å². The van der Waals surface area contributed by atoms with Gasteiger partial charge in [-0.2, -0.15) is 4.98 Å².